The number of fused-ring (bicyclic) bond motifs is 1. The van der Waals surface area contributed by atoms with E-state index in [-0.39, 0.29) is 5.91 Å². The van der Waals surface area contributed by atoms with E-state index in [1.165, 1.54) is 5.56 Å². The number of halogens is 1. The van der Waals surface area contributed by atoms with Crippen LogP contribution in [0.4, 0.5) is 5.69 Å². The van der Waals surface area contributed by atoms with Crippen molar-refractivity contribution in [1.82, 2.24) is 4.57 Å². The molecule has 1 amide bonds. The predicted molar refractivity (Wildman–Crippen MR) is 113 cm³/mol. The Bertz CT molecular complexity index is 985. The summed E-state index contributed by atoms with van der Waals surface area (Å²) in [7, 11) is 0. The molecular formula is C22H23BrN2O. The second kappa shape index (κ2) is 7.50. The normalized spacial score (nSPS) is 11.1. The van der Waals surface area contributed by atoms with Gasteiger partial charge >= 0.3 is 0 Å². The number of rotatable bonds is 5. The first kappa shape index (κ1) is 18.5. The molecule has 0 spiro atoms. The van der Waals surface area contributed by atoms with Crippen molar-refractivity contribution in [3.8, 4) is 0 Å². The zero-order valence-corrected chi connectivity index (χ0v) is 16.9. The van der Waals surface area contributed by atoms with Gasteiger partial charge in [-0.3, -0.25) is 4.79 Å². The van der Waals surface area contributed by atoms with Gasteiger partial charge < -0.3 is 9.88 Å². The third kappa shape index (κ3) is 3.34. The summed E-state index contributed by atoms with van der Waals surface area (Å²) in [6, 6.07) is 14.1. The molecule has 0 saturated carbocycles. The van der Waals surface area contributed by atoms with E-state index in [4.69, 9.17) is 0 Å². The van der Waals surface area contributed by atoms with Gasteiger partial charge in [0.05, 0.1) is 5.69 Å². The quantitative estimate of drug-likeness (QED) is 0.493. The van der Waals surface area contributed by atoms with Crippen molar-refractivity contribution in [2.75, 3.05) is 5.32 Å². The van der Waals surface area contributed by atoms with Crippen LogP contribution in [-0.2, 0) is 6.54 Å². The largest absolute Gasteiger partial charge is 0.332 e. The summed E-state index contributed by atoms with van der Waals surface area (Å²) in [6.07, 6.45) is 1.82. The summed E-state index contributed by atoms with van der Waals surface area (Å²) in [5.74, 6) is 0.331. The van der Waals surface area contributed by atoms with Crippen LogP contribution in [0.25, 0.3) is 10.9 Å². The van der Waals surface area contributed by atoms with Crippen molar-refractivity contribution in [3.63, 3.8) is 0 Å². The van der Waals surface area contributed by atoms with E-state index in [2.05, 4.69) is 59.9 Å². The van der Waals surface area contributed by atoms with Gasteiger partial charge in [0, 0.05) is 21.9 Å². The first-order valence-electron chi connectivity index (χ1n) is 8.73. The lowest BCUT2D eigenvalue weighted by atomic mass is 10.0. The van der Waals surface area contributed by atoms with Crippen LogP contribution in [0.2, 0.25) is 0 Å². The number of para-hydroxylation sites is 1. The molecule has 0 aliphatic rings. The monoisotopic (exact) mass is 410 g/mol. The molecule has 0 atom stereocenters. The minimum Gasteiger partial charge on any atom is -0.332 e. The first-order valence-corrected chi connectivity index (χ1v) is 9.52. The number of aryl methyl sites for hydroxylation is 1. The van der Waals surface area contributed by atoms with E-state index in [0.29, 0.717) is 18.2 Å². The van der Waals surface area contributed by atoms with Crippen LogP contribution < -0.4 is 5.32 Å². The number of benzene rings is 2. The highest BCUT2D eigenvalue weighted by Crippen LogP contribution is 2.30. The van der Waals surface area contributed by atoms with Gasteiger partial charge in [0.15, 0.2) is 0 Å². The van der Waals surface area contributed by atoms with Crippen molar-refractivity contribution in [2.24, 2.45) is 0 Å². The fourth-order valence-electron chi connectivity index (χ4n) is 3.25. The molecule has 26 heavy (non-hydrogen) atoms. The molecule has 0 bridgehead atoms. The zero-order chi connectivity index (χ0) is 18.8. The summed E-state index contributed by atoms with van der Waals surface area (Å²) in [6.45, 7) is 10.8. The minimum atomic E-state index is -0.112. The van der Waals surface area contributed by atoms with E-state index >= 15 is 0 Å². The molecule has 0 fully saturated rings. The minimum absolute atomic E-state index is 0.112. The highest BCUT2D eigenvalue weighted by atomic mass is 79.9. The van der Waals surface area contributed by atoms with Gasteiger partial charge in [-0.15, -0.1) is 6.58 Å². The Morgan fingerprint density at radius 1 is 1.27 bits per heavy atom. The van der Waals surface area contributed by atoms with E-state index in [0.717, 1.165) is 26.6 Å². The number of aromatic nitrogens is 1. The number of anilines is 1. The van der Waals surface area contributed by atoms with E-state index in [9.17, 15) is 4.79 Å². The smallest absolute Gasteiger partial charge is 0.272 e. The fourth-order valence-corrected chi connectivity index (χ4v) is 3.64. The average molecular weight is 411 g/mol. The maximum atomic E-state index is 13.1. The molecule has 0 aliphatic carbocycles. The molecule has 4 heteroatoms. The summed E-state index contributed by atoms with van der Waals surface area (Å²) in [5.41, 5.74) is 4.76. The number of carbonyl (C=O) groups is 1. The zero-order valence-electron chi connectivity index (χ0n) is 15.3. The average Bonchev–Trinajstić information content (AvgIpc) is 2.89. The van der Waals surface area contributed by atoms with Crippen molar-refractivity contribution in [3.05, 3.63) is 76.4 Å². The molecule has 1 heterocycles. The molecular weight excluding hydrogens is 388 g/mol. The Hall–Kier alpha value is -2.33. The maximum Gasteiger partial charge on any atom is 0.272 e. The van der Waals surface area contributed by atoms with Gasteiger partial charge in [0.2, 0.25) is 0 Å². The van der Waals surface area contributed by atoms with Gasteiger partial charge in [-0.2, -0.15) is 0 Å². The van der Waals surface area contributed by atoms with Crippen LogP contribution in [0.3, 0.4) is 0 Å². The van der Waals surface area contributed by atoms with E-state index < -0.39 is 0 Å². The summed E-state index contributed by atoms with van der Waals surface area (Å²) >= 11 is 3.49. The molecule has 1 aromatic heterocycles. The number of allylic oxidation sites excluding steroid dienone is 1. The van der Waals surface area contributed by atoms with Crippen molar-refractivity contribution in [2.45, 2.75) is 33.2 Å². The summed E-state index contributed by atoms with van der Waals surface area (Å²) in [4.78, 5) is 13.1. The van der Waals surface area contributed by atoms with E-state index in [1.807, 2.05) is 41.8 Å². The number of carbonyl (C=O) groups excluding carboxylic acids is 1. The van der Waals surface area contributed by atoms with Crippen molar-refractivity contribution >= 4 is 38.4 Å². The van der Waals surface area contributed by atoms with Gasteiger partial charge in [0.25, 0.3) is 5.91 Å². The Labute approximate surface area is 162 Å². The highest BCUT2D eigenvalue weighted by molar-refractivity contribution is 9.10. The van der Waals surface area contributed by atoms with Gasteiger partial charge in [0.1, 0.15) is 5.69 Å². The van der Waals surface area contributed by atoms with Gasteiger partial charge in [-0.1, -0.05) is 38.1 Å². The summed E-state index contributed by atoms with van der Waals surface area (Å²) in [5, 5.41) is 4.14. The first-order chi connectivity index (χ1) is 12.4. The molecule has 134 valence electrons. The Balaban J connectivity index is 2.13. The van der Waals surface area contributed by atoms with Crippen molar-refractivity contribution < 1.29 is 4.79 Å². The lowest BCUT2D eigenvalue weighted by molar-refractivity contribution is 0.101. The highest BCUT2D eigenvalue weighted by Gasteiger charge is 2.21. The molecule has 1 N–H and O–H groups in total. The van der Waals surface area contributed by atoms with Crippen LogP contribution in [0, 0.1) is 6.92 Å². The standard InChI is InChI=1S/C22H23BrN2O/c1-5-12-25-20-11-10-16(14(2)3)13-17(20)15(4)21(25)22(26)24-19-9-7-6-8-18(19)23/h5-11,13-14H,1,12H2,2-4H3,(H,24,26). The number of amides is 1. The third-order valence-electron chi connectivity index (χ3n) is 4.66. The topological polar surface area (TPSA) is 34.0 Å². The number of hydrogen-bond donors (Lipinski definition) is 1. The molecule has 0 aliphatic heterocycles. The molecule has 0 unspecified atom stereocenters. The molecule has 0 radical (unpaired) electrons. The summed E-state index contributed by atoms with van der Waals surface area (Å²) < 4.78 is 2.90. The van der Waals surface area contributed by atoms with Gasteiger partial charge in [-0.25, -0.2) is 0 Å². The number of nitrogens with zero attached hydrogens (tertiary/aromatic N) is 1. The molecule has 0 saturated heterocycles. The number of nitrogens with one attached hydrogen (secondary N) is 1. The number of hydrogen-bond acceptors (Lipinski definition) is 1. The SMILES string of the molecule is C=CCn1c(C(=O)Nc2ccccc2Br)c(C)c2cc(C(C)C)ccc21. The lowest BCUT2D eigenvalue weighted by Crippen LogP contribution is -2.18. The van der Waals surface area contributed by atoms with Crippen molar-refractivity contribution in [1.29, 1.82) is 0 Å². The Morgan fingerprint density at radius 2 is 2.00 bits per heavy atom. The van der Waals surface area contributed by atoms with Crippen LogP contribution in [-0.4, -0.2) is 10.5 Å². The molecule has 2 aromatic carbocycles. The molecule has 3 rings (SSSR count). The molecule has 3 nitrogen and oxygen atoms in total. The van der Waals surface area contributed by atoms with Crippen LogP contribution in [0.15, 0.2) is 59.6 Å². The van der Waals surface area contributed by atoms with Gasteiger partial charge in [-0.05, 0) is 64.2 Å². The van der Waals surface area contributed by atoms with E-state index in [1.54, 1.807) is 0 Å². The fraction of sp³-hybridized carbons (Fsp3) is 0.227. The maximum absolute atomic E-state index is 13.1. The Kier molecular flexibility index (Phi) is 5.33. The predicted octanol–water partition coefficient (Wildman–Crippen LogP) is 6.27. The Morgan fingerprint density at radius 3 is 2.65 bits per heavy atom. The third-order valence-corrected chi connectivity index (χ3v) is 5.35. The second-order valence-electron chi connectivity index (χ2n) is 6.74. The molecule has 3 aromatic rings. The lowest BCUT2D eigenvalue weighted by Gasteiger charge is -2.11. The van der Waals surface area contributed by atoms with Crippen LogP contribution in [0.5, 0.6) is 0 Å². The second-order valence-corrected chi connectivity index (χ2v) is 7.59. The van der Waals surface area contributed by atoms with Crippen LogP contribution >= 0.6 is 15.9 Å². The van der Waals surface area contributed by atoms with Crippen LogP contribution in [0.1, 0.15) is 41.4 Å².